The monoisotopic (exact) mass is 324 g/mol. The van der Waals surface area contributed by atoms with Crippen LogP contribution in [0.15, 0.2) is 60.7 Å². The molecule has 0 N–H and O–H groups in total. The second kappa shape index (κ2) is 8.87. The molecule has 2 rings (SSSR count). The summed E-state index contributed by atoms with van der Waals surface area (Å²) in [5.74, 6) is 0.0115. The Labute approximate surface area is 143 Å². The highest BCUT2D eigenvalue weighted by Crippen LogP contribution is 2.14. The first-order valence-electron chi connectivity index (χ1n) is 8.26. The highest BCUT2D eigenvalue weighted by atomic mass is 16.2. The third-order valence-electron chi connectivity index (χ3n) is 3.94. The van der Waals surface area contributed by atoms with Crippen LogP contribution >= 0.6 is 0 Å². The summed E-state index contributed by atoms with van der Waals surface area (Å²) in [5.41, 5.74) is 1.96. The van der Waals surface area contributed by atoms with Crippen molar-refractivity contribution in [1.82, 2.24) is 4.90 Å². The van der Waals surface area contributed by atoms with Crippen molar-refractivity contribution in [1.29, 1.82) is 0 Å². The maximum atomic E-state index is 12.5. The van der Waals surface area contributed by atoms with E-state index >= 15 is 0 Å². The predicted molar refractivity (Wildman–Crippen MR) is 96.6 cm³/mol. The molecule has 2 aromatic rings. The molecule has 0 spiro atoms. The standard InChI is InChI=1S/C20H24N2O2/c1-3-22(19-12-8-5-9-13-19)20(24)14-15-21(17(2)23)16-18-10-6-4-7-11-18/h4-13H,3,14-16H2,1-2H3. The van der Waals surface area contributed by atoms with Crippen molar-refractivity contribution in [2.24, 2.45) is 0 Å². The molecule has 2 amide bonds. The van der Waals surface area contributed by atoms with Crippen molar-refractivity contribution >= 4 is 17.5 Å². The van der Waals surface area contributed by atoms with Gasteiger partial charge in [0.15, 0.2) is 0 Å². The number of hydrogen-bond donors (Lipinski definition) is 0. The molecule has 0 radical (unpaired) electrons. The van der Waals surface area contributed by atoms with E-state index < -0.39 is 0 Å². The number of carbonyl (C=O) groups is 2. The number of amides is 2. The van der Waals surface area contributed by atoms with Crippen LogP contribution in [0, 0.1) is 0 Å². The molecule has 126 valence electrons. The smallest absolute Gasteiger partial charge is 0.228 e. The molecule has 0 aliphatic heterocycles. The van der Waals surface area contributed by atoms with Crippen molar-refractivity contribution in [2.45, 2.75) is 26.8 Å². The molecule has 0 saturated carbocycles. The van der Waals surface area contributed by atoms with Crippen LogP contribution in [0.2, 0.25) is 0 Å². The van der Waals surface area contributed by atoms with E-state index in [0.717, 1.165) is 11.3 Å². The summed E-state index contributed by atoms with van der Waals surface area (Å²) < 4.78 is 0. The first-order chi connectivity index (χ1) is 11.6. The number of carbonyl (C=O) groups excluding carboxylic acids is 2. The number of rotatable bonds is 7. The van der Waals surface area contributed by atoms with Crippen LogP contribution in [0.3, 0.4) is 0 Å². The third-order valence-corrected chi connectivity index (χ3v) is 3.94. The van der Waals surface area contributed by atoms with E-state index in [1.54, 1.807) is 16.7 Å². The Hall–Kier alpha value is -2.62. The maximum Gasteiger partial charge on any atom is 0.228 e. The van der Waals surface area contributed by atoms with Crippen LogP contribution in [0.25, 0.3) is 0 Å². The Bertz CT molecular complexity index is 656. The number of benzene rings is 2. The molecule has 0 unspecified atom stereocenters. The molecule has 0 aliphatic rings. The van der Waals surface area contributed by atoms with Gasteiger partial charge in [0, 0.05) is 38.7 Å². The zero-order valence-corrected chi connectivity index (χ0v) is 14.3. The molecule has 4 nitrogen and oxygen atoms in total. The van der Waals surface area contributed by atoms with Gasteiger partial charge in [-0.05, 0) is 24.6 Å². The van der Waals surface area contributed by atoms with Gasteiger partial charge in [-0.25, -0.2) is 0 Å². The summed E-state index contributed by atoms with van der Waals surface area (Å²) in [6.07, 6.45) is 0.315. The molecule has 2 aromatic carbocycles. The van der Waals surface area contributed by atoms with E-state index in [0.29, 0.717) is 26.1 Å². The minimum atomic E-state index is -0.0191. The topological polar surface area (TPSA) is 40.6 Å². The lowest BCUT2D eigenvalue weighted by Gasteiger charge is -2.24. The van der Waals surface area contributed by atoms with Gasteiger partial charge in [0.2, 0.25) is 11.8 Å². The van der Waals surface area contributed by atoms with E-state index in [9.17, 15) is 9.59 Å². The first kappa shape index (κ1) is 17.7. The number of hydrogen-bond acceptors (Lipinski definition) is 2. The fourth-order valence-corrected chi connectivity index (χ4v) is 2.63. The molecule has 4 heteroatoms. The van der Waals surface area contributed by atoms with Crippen molar-refractivity contribution < 1.29 is 9.59 Å². The summed E-state index contributed by atoms with van der Waals surface area (Å²) in [5, 5.41) is 0. The van der Waals surface area contributed by atoms with E-state index in [1.807, 2.05) is 67.6 Å². The molecule has 0 aromatic heterocycles. The Kier molecular flexibility index (Phi) is 6.55. The molecule has 0 heterocycles. The lowest BCUT2D eigenvalue weighted by Crippen LogP contribution is -2.36. The quantitative estimate of drug-likeness (QED) is 0.782. The molecule has 0 fully saturated rings. The average Bonchev–Trinajstić information content (AvgIpc) is 2.61. The highest BCUT2D eigenvalue weighted by Gasteiger charge is 2.16. The maximum absolute atomic E-state index is 12.5. The highest BCUT2D eigenvalue weighted by molar-refractivity contribution is 5.93. The summed E-state index contributed by atoms with van der Waals surface area (Å²) in [6.45, 7) is 5.06. The minimum Gasteiger partial charge on any atom is -0.338 e. The summed E-state index contributed by atoms with van der Waals surface area (Å²) >= 11 is 0. The summed E-state index contributed by atoms with van der Waals surface area (Å²) in [4.78, 5) is 27.9. The number of anilines is 1. The molecule has 0 bridgehead atoms. The molecule has 24 heavy (non-hydrogen) atoms. The Morgan fingerprint density at radius 2 is 1.50 bits per heavy atom. The fraction of sp³-hybridized carbons (Fsp3) is 0.300. The van der Waals surface area contributed by atoms with Gasteiger partial charge in [-0.15, -0.1) is 0 Å². The van der Waals surface area contributed by atoms with Crippen LogP contribution in [0.4, 0.5) is 5.69 Å². The van der Waals surface area contributed by atoms with Crippen molar-refractivity contribution in [2.75, 3.05) is 18.0 Å². The van der Waals surface area contributed by atoms with Gasteiger partial charge in [-0.3, -0.25) is 9.59 Å². The lowest BCUT2D eigenvalue weighted by atomic mass is 10.2. The van der Waals surface area contributed by atoms with Crippen LogP contribution in [-0.4, -0.2) is 29.8 Å². The lowest BCUT2D eigenvalue weighted by molar-refractivity contribution is -0.130. The van der Waals surface area contributed by atoms with Crippen LogP contribution in [0.1, 0.15) is 25.8 Å². The largest absolute Gasteiger partial charge is 0.338 e. The van der Waals surface area contributed by atoms with Gasteiger partial charge in [0.05, 0.1) is 0 Å². The Morgan fingerprint density at radius 3 is 2.04 bits per heavy atom. The van der Waals surface area contributed by atoms with Crippen LogP contribution < -0.4 is 4.90 Å². The van der Waals surface area contributed by atoms with Crippen molar-refractivity contribution in [3.05, 3.63) is 66.2 Å². The zero-order valence-electron chi connectivity index (χ0n) is 14.3. The molecule has 0 saturated heterocycles. The summed E-state index contributed by atoms with van der Waals surface area (Å²) in [7, 11) is 0. The van der Waals surface area contributed by atoms with Gasteiger partial charge in [-0.1, -0.05) is 48.5 Å². The molecule has 0 aliphatic carbocycles. The summed E-state index contributed by atoms with van der Waals surface area (Å²) in [6, 6.07) is 19.4. The van der Waals surface area contributed by atoms with E-state index in [4.69, 9.17) is 0 Å². The van der Waals surface area contributed by atoms with E-state index in [2.05, 4.69) is 0 Å². The van der Waals surface area contributed by atoms with Gasteiger partial charge in [-0.2, -0.15) is 0 Å². The molecular weight excluding hydrogens is 300 g/mol. The van der Waals surface area contributed by atoms with Crippen LogP contribution in [-0.2, 0) is 16.1 Å². The van der Waals surface area contributed by atoms with Crippen LogP contribution in [0.5, 0.6) is 0 Å². The van der Waals surface area contributed by atoms with E-state index in [1.165, 1.54) is 0 Å². The normalized spacial score (nSPS) is 10.2. The Balaban J connectivity index is 1.98. The van der Waals surface area contributed by atoms with Gasteiger partial charge in [0.25, 0.3) is 0 Å². The second-order valence-electron chi connectivity index (χ2n) is 5.65. The van der Waals surface area contributed by atoms with Gasteiger partial charge < -0.3 is 9.80 Å². The molecular formula is C20H24N2O2. The first-order valence-corrected chi connectivity index (χ1v) is 8.26. The predicted octanol–water partition coefficient (Wildman–Crippen LogP) is 3.48. The fourth-order valence-electron chi connectivity index (χ4n) is 2.63. The van der Waals surface area contributed by atoms with Crippen molar-refractivity contribution in [3.63, 3.8) is 0 Å². The minimum absolute atomic E-state index is 0.0191. The third kappa shape index (κ3) is 4.95. The Morgan fingerprint density at radius 1 is 0.917 bits per heavy atom. The number of para-hydroxylation sites is 1. The van der Waals surface area contributed by atoms with Gasteiger partial charge in [0.1, 0.15) is 0 Å². The van der Waals surface area contributed by atoms with Gasteiger partial charge >= 0.3 is 0 Å². The van der Waals surface area contributed by atoms with Crippen molar-refractivity contribution in [3.8, 4) is 0 Å². The second-order valence-corrected chi connectivity index (χ2v) is 5.65. The zero-order chi connectivity index (χ0) is 17.4. The average molecular weight is 324 g/mol. The molecule has 0 atom stereocenters. The van der Waals surface area contributed by atoms with E-state index in [-0.39, 0.29) is 11.8 Å². The number of nitrogens with zero attached hydrogens (tertiary/aromatic N) is 2. The SMILES string of the molecule is CCN(C(=O)CCN(Cc1ccccc1)C(C)=O)c1ccccc1.